The van der Waals surface area contributed by atoms with Gasteiger partial charge in [-0.05, 0) is 55.0 Å². The standard InChI is InChI=1S/C21H23F2NO3/c1-26-17-8-6-15(7-9-17)14-16-10-12-24(13-11-16)20(25)18-4-2-3-5-19(18)27-21(22)23/h2-9,16,21H,10-14H2,1H3. The Morgan fingerprint density at radius 1 is 1.11 bits per heavy atom. The molecule has 144 valence electrons. The number of benzene rings is 2. The molecule has 0 radical (unpaired) electrons. The van der Waals surface area contributed by atoms with Crippen LogP contribution in [0.5, 0.6) is 11.5 Å². The van der Waals surface area contributed by atoms with Gasteiger partial charge in [0.15, 0.2) is 0 Å². The number of carbonyl (C=O) groups is 1. The first-order valence-electron chi connectivity index (χ1n) is 9.03. The van der Waals surface area contributed by atoms with E-state index >= 15 is 0 Å². The number of nitrogens with zero attached hydrogens (tertiary/aromatic N) is 1. The lowest BCUT2D eigenvalue weighted by atomic mass is 9.90. The van der Waals surface area contributed by atoms with Gasteiger partial charge in [0.1, 0.15) is 11.5 Å². The zero-order valence-corrected chi connectivity index (χ0v) is 15.2. The van der Waals surface area contributed by atoms with Crippen LogP contribution < -0.4 is 9.47 Å². The summed E-state index contributed by atoms with van der Waals surface area (Å²) in [7, 11) is 1.65. The van der Waals surface area contributed by atoms with Crippen LogP contribution in [0.3, 0.4) is 0 Å². The molecule has 3 rings (SSSR count). The zero-order chi connectivity index (χ0) is 19.2. The topological polar surface area (TPSA) is 38.8 Å². The molecule has 1 aliphatic rings. The van der Waals surface area contributed by atoms with E-state index in [2.05, 4.69) is 16.9 Å². The summed E-state index contributed by atoms with van der Waals surface area (Å²) in [5.41, 5.74) is 1.43. The first kappa shape index (κ1) is 19.1. The molecule has 4 nitrogen and oxygen atoms in total. The molecule has 6 heteroatoms. The smallest absolute Gasteiger partial charge is 0.387 e. The number of piperidine rings is 1. The summed E-state index contributed by atoms with van der Waals surface area (Å²) >= 11 is 0. The van der Waals surface area contributed by atoms with E-state index in [9.17, 15) is 13.6 Å². The van der Waals surface area contributed by atoms with Gasteiger partial charge in [0.05, 0.1) is 12.7 Å². The number of methoxy groups -OCH3 is 1. The van der Waals surface area contributed by atoms with E-state index in [4.69, 9.17) is 4.74 Å². The molecule has 0 N–H and O–H groups in total. The molecule has 0 atom stereocenters. The third-order valence-electron chi connectivity index (χ3n) is 4.92. The molecule has 0 bridgehead atoms. The molecule has 2 aromatic rings. The Bertz CT molecular complexity index is 756. The van der Waals surface area contributed by atoms with E-state index in [1.807, 2.05) is 12.1 Å². The Kier molecular flexibility index (Phi) is 6.27. The molecule has 0 unspecified atom stereocenters. The van der Waals surface area contributed by atoms with Crippen LogP contribution in [0.2, 0.25) is 0 Å². The summed E-state index contributed by atoms with van der Waals surface area (Å²) < 4.78 is 34.8. The molecular weight excluding hydrogens is 352 g/mol. The third kappa shape index (κ3) is 4.96. The van der Waals surface area contributed by atoms with Gasteiger partial charge in [-0.1, -0.05) is 24.3 Å². The van der Waals surface area contributed by atoms with Crippen molar-refractivity contribution in [2.45, 2.75) is 25.9 Å². The van der Waals surface area contributed by atoms with Gasteiger partial charge in [-0.2, -0.15) is 8.78 Å². The van der Waals surface area contributed by atoms with Gasteiger partial charge < -0.3 is 14.4 Å². The number of ether oxygens (including phenoxy) is 2. The average Bonchev–Trinajstić information content (AvgIpc) is 2.69. The van der Waals surface area contributed by atoms with Crippen molar-refractivity contribution in [3.63, 3.8) is 0 Å². The Labute approximate surface area is 157 Å². The maximum Gasteiger partial charge on any atom is 0.387 e. The van der Waals surface area contributed by atoms with Gasteiger partial charge >= 0.3 is 6.61 Å². The highest BCUT2D eigenvalue weighted by molar-refractivity contribution is 5.97. The fourth-order valence-corrected chi connectivity index (χ4v) is 3.45. The van der Waals surface area contributed by atoms with Crippen LogP contribution in [0.15, 0.2) is 48.5 Å². The lowest BCUT2D eigenvalue weighted by Gasteiger charge is -2.32. The monoisotopic (exact) mass is 375 g/mol. The molecule has 2 aromatic carbocycles. The van der Waals surface area contributed by atoms with Crippen LogP contribution in [0.4, 0.5) is 8.78 Å². The highest BCUT2D eigenvalue weighted by atomic mass is 19.3. The summed E-state index contributed by atoms with van der Waals surface area (Å²) in [6, 6.07) is 14.2. The van der Waals surface area contributed by atoms with Crippen molar-refractivity contribution >= 4 is 5.91 Å². The first-order chi connectivity index (χ1) is 13.1. The number of likely N-dealkylation sites (tertiary alicyclic amines) is 1. The third-order valence-corrected chi connectivity index (χ3v) is 4.92. The number of alkyl halides is 2. The molecule has 1 amide bonds. The molecule has 0 saturated carbocycles. The van der Waals surface area contributed by atoms with Gasteiger partial charge in [0.25, 0.3) is 5.91 Å². The number of para-hydroxylation sites is 1. The summed E-state index contributed by atoms with van der Waals surface area (Å²) in [6.45, 7) is -1.72. The molecule has 0 spiro atoms. The Hall–Kier alpha value is -2.63. The van der Waals surface area contributed by atoms with Crippen molar-refractivity contribution in [2.24, 2.45) is 5.92 Å². The maximum absolute atomic E-state index is 12.7. The first-order valence-corrected chi connectivity index (χ1v) is 9.03. The molecule has 1 saturated heterocycles. The highest BCUT2D eigenvalue weighted by Gasteiger charge is 2.26. The largest absolute Gasteiger partial charge is 0.497 e. The number of halogens is 2. The SMILES string of the molecule is COc1ccc(CC2CCN(C(=O)c3ccccc3OC(F)F)CC2)cc1. The molecule has 0 aromatic heterocycles. The van der Waals surface area contributed by atoms with Gasteiger partial charge in [-0.25, -0.2) is 0 Å². The molecule has 27 heavy (non-hydrogen) atoms. The minimum atomic E-state index is -2.95. The van der Waals surface area contributed by atoms with Crippen LogP contribution in [0.25, 0.3) is 0 Å². The second kappa shape index (κ2) is 8.84. The molecular formula is C21H23F2NO3. The number of hydrogen-bond acceptors (Lipinski definition) is 3. The predicted octanol–water partition coefficient (Wildman–Crippen LogP) is 4.39. The zero-order valence-electron chi connectivity index (χ0n) is 15.2. The number of rotatable bonds is 6. The van der Waals surface area contributed by atoms with Gasteiger partial charge in [0, 0.05) is 13.1 Å². The fraction of sp³-hybridized carbons (Fsp3) is 0.381. The molecule has 1 heterocycles. The summed E-state index contributed by atoms with van der Waals surface area (Å²) in [5.74, 6) is 1.01. The van der Waals surface area contributed by atoms with Gasteiger partial charge in [0.2, 0.25) is 0 Å². The van der Waals surface area contributed by atoms with Crippen molar-refractivity contribution < 1.29 is 23.0 Å². The maximum atomic E-state index is 12.7. The highest BCUT2D eigenvalue weighted by Crippen LogP contribution is 2.27. The second-order valence-electron chi connectivity index (χ2n) is 6.66. The van der Waals surface area contributed by atoms with E-state index in [0.29, 0.717) is 19.0 Å². The van der Waals surface area contributed by atoms with Crippen molar-refractivity contribution in [3.8, 4) is 11.5 Å². The van der Waals surface area contributed by atoms with Crippen LogP contribution in [0.1, 0.15) is 28.8 Å². The Balaban J connectivity index is 1.58. The van der Waals surface area contributed by atoms with Gasteiger partial charge in [-0.3, -0.25) is 4.79 Å². The van der Waals surface area contributed by atoms with Crippen molar-refractivity contribution in [2.75, 3.05) is 20.2 Å². The summed E-state index contributed by atoms with van der Waals surface area (Å²) in [5, 5.41) is 0. The van der Waals surface area contributed by atoms with Crippen LogP contribution >= 0.6 is 0 Å². The van der Waals surface area contributed by atoms with Crippen LogP contribution in [-0.4, -0.2) is 37.6 Å². The van der Waals surface area contributed by atoms with E-state index < -0.39 is 6.61 Å². The number of hydrogen-bond donors (Lipinski definition) is 0. The number of amides is 1. The Morgan fingerprint density at radius 2 is 1.78 bits per heavy atom. The predicted molar refractivity (Wildman–Crippen MR) is 98.4 cm³/mol. The lowest BCUT2D eigenvalue weighted by molar-refractivity contribution is -0.0503. The van der Waals surface area contributed by atoms with Crippen LogP contribution in [0, 0.1) is 5.92 Å². The average molecular weight is 375 g/mol. The van der Waals surface area contributed by atoms with E-state index in [1.54, 1.807) is 24.1 Å². The Morgan fingerprint density at radius 3 is 2.41 bits per heavy atom. The van der Waals surface area contributed by atoms with Gasteiger partial charge in [-0.15, -0.1) is 0 Å². The van der Waals surface area contributed by atoms with E-state index in [-0.39, 0.29) is 17.2 Å². The normalized spacial score (nSPS) is 15.0. The molecule has 1 aliphatic heterocycles. The summed E-state index contributed by atoms with van der Waals surface area (Å²) in [6.07, 6.45) is 2.72. The van der Waals surface area contributed by atoms with Crippen molar-refractivity contribution in [1.29, 1.82) is 0 Å². The summed E-state index contributed by atoms with van der Waals surface area (Å²) in [4.78, 5) is 14.4. The van der Waals surface area contributed by atoms with E-state index in [0.717, 1.165) is 25.0 Å². The number of carbonyl (C=O) groups excluding carboxylic acids is 1. The van der Waals surface area contributed by atoms with E-state index in [1.165, 1.54) is 17.7 Å². The molecule has 1 fully saturated rings. The lowest BCUT2D eigenvalue weighted by Crippen LogP contribution is -2.39. The minimum absolute atomic E-state index is 0.0714. The second-order valence-corrected chi connectivity index (χ2v) is 6.66. The minimum Gasteiger partial charge on any atom is -0.497 e. The van der Waals surface area contributed by atoms with Crippen molar-refractivity contribution in [1.82, 2.24) is 4.90 Å². The fourth-order valence-electron chi connectivity index (χ4n) is 3.45. The van der Waals surface area contributed by atoms with Crippen LogP contribution in [-0.2, 0) is 6.42 Å². The molecule has 0 aliphatic carbocycles. The quantitative estimate of drug-likeness (QED) is 0.752. The van der Waals surface area contributed by atoms with Crippen molar-refractivity contribution in [3.05, 3.63) is 59.7 Å².